The summed E-state index contributed by atoms with van der Waals surface area (Å²) in [4.78, 5) is 8.74. The molecule has 1 aliphatic carbocycles. The van der Waals surface area contributed by atoms with Crippen molar-refractivity contribution in [2.24, 2.45) is 11.7 Å². The molecule has 0 saturated heterocycles. The Kier molecular flexibility index (Phi) is 3.33. The lowest BCUT2D eigenvalue weighted by atomic mass is 9.92. The van der Waals surface area contributed by atoms with Gasteiger partial charge in [0.15, 0.2) is 0 Å². The van der Waals surface area contributed by atoms with Crippen LogP contribution in [0.4, 0.5) is 5.95 Å². The quantitative estimate of drug-likeness (QED) is 0.835. The minimum absolute atomic E-state index is 0.0536. The zero-order valence-corrected chi connectivity index (χ0v) is 10.9. The van der Waals surface area contributed by atoms with E-state index in [0.717, 1.165) is 12.2 Å². The highest BCUT2D eigenvalue weighted by Crippen LogP contribution is 2.31. The van der Waals surface area contributed by atoms with E-state index in [1.165, 1.54) is 12.8 Å². The summed E-state index contributed by atoms with van der Waals surface area (Å²) in [6.07, 6.45) is 4.34. The highest BCUT2D eigenvalue weighted by Gasteiger charge is 2.28. The van der Waals surface area contributed by atoms with Gasteiger partial charge in [-0.05, 0) is 24.8 Å². The van der Waals surface area contributed by atoms with Gasteiger partial charge >= 0.3 is 0 Å². The highest BCUT2D eigenvalue weighted by molar-refractivity contribution is 5.27. The molecule has 1 aromatic heterocycles. The molecular weight excluding hydrogens is 212 g/mol. The third-order valence-electron chi connectivity index (χ3n) is 3.15. The van der Waals surface area contributed by atoms with Crippen LogP contribution < -0.4 is 11.1 Å². The summed E-state index contributed by atoms with van der Waals surface area (Å²) in [5, 5.41) is 3.23. The van der Waals surface area contributed by atoms with E-state index in [-0.39, 0.29) is 11.5 Å². The summed E-state index contributed by atoms with van der Waals surface area (Å²) in [5.74, 6) is 1.39. The second-order valence-electron chi connectivity index (χ2n) is 5.90. The fraction of sp³-hybridized carbons (Fsp3) is 0.692. The molecule has 3 N–H and O–H groups in total. The number of nitrogens with zero attached hydrogens (tertiary/aromatic N) is 2. The van der Waals surface area contributed by atoms with Gasteiger partial charge in [-0.15, -0.1) is 0 Å². The fourth-order valence-electron chi connectivity index (χ4n) is 1.76. The maximum absolute atomic E-state index is 6.03. The van der Waals surface area contributed by atoms with E-state index < -0.39 is 0 Å². The normalized spacial score (nSPS) is 17.9. The number of anilines is 1. The van der Waals surface area contributed by atoms with E-state index in [4.69, 9.17) is 5.73 Å². The van der Waals surface area contributed by atoms with Crippen molar-refractivity contribution in [1.29, 1.82) is 0 Å². The van der Waals surface area contributed by atoms with Gasteiger partial charge in [0, 0.05) is 24.2 Å². The lowest BCUT2D eigenvalue weighted by molar-refractivity contribution is 0.566. The lowest BCUT2D eigenvalue weighted by Crippen LogP contribution is -2.31. The first-order chi connectivity index (χ1) is 7.97. The molecule has 2 rings (SSSR count). The number of rotatable bonds is 4. The molecule has 1 fully saturated rings. The molecule has 0 amide bonds. The van der Waals surface area contributed by atoms with Crippen LogP contribution in [-0.2, 0) is 5.41 Å². The maximum Gasteiger partial charge on any atom is 0.222 e. The Balaban J connectivity index is 1.96. The van der Waals surface area contributed by atoms with Crippen LogP contribution in [0.5, 0.6) is 0 Å². The van der Waals surface area contributed by atoms with Gasteiger partial charge in [-0.2, -0.15) is 0 Å². The van der Waals surface area contributed by atoms with E-state index in [0.29, 0.717) is 11.9 Å². The van der Waals surface area contributed by atoms with Gasteiger partial charge in [-0.1, -0.05) is 20.8 Å². The van der Waals surface area contributed by atoms with E-state index in [9.17, 15) is 0 Å². The molecule has 17 heavy (non-hydrogen) atoms. The largest absolute Gasteiger partial charge is 0.353 e. The van der Waals surface area contributed by atoms with E-state index >= 15 is 0 Å². The summed E-state index contributed by atoms with van der Waals surface area (Å²) in [6.45, 7) is 7.21. The Bertz CT molecular complexity index is 379. The first-order valence-electron chi connectivity index (χ1n) is 6.30. The van der Waals surface area contributed by atoms with Crippen LogP contribution in [-0.4, -0.2) is 22.6 Å². The monoisotopic (exact) mass is 234 g/mol. The Morgan fingerprint density at radius 2 is 2.18 bits per heavy atom. The van der Waals surface area contributed by atoms with E-state index in [2.05, 4.69) is 36.1 Å². The first-order valence-corrected chi connectivity index (χ1v) is 6.30. The average molecular weight is 234 g/mol. The zero-order valence-electron chi connectivity index (χ0n) is 10.9. The van der Waals surface area contributed by atoms with E-state index in [1.54, 1.807) is 6.20 Å². The summed E-state index contributed by atoms with van der Waals surface area (Å²) in [5.41, 5.74) is 7.14. The Hall–Kier alpha value is -1.16. The van der Waals surface area contributed by atoms with E-state index in [1.807, 2.05) is 6.07 Å². The predicted molar refractivity (Wildman–Crippen MR) is 69.9 cm³/mol. The van der Waals surface area contributed by atoms with Crippen molar-refractivity contribution < 1.29 is 0 Å². The van der Waals surface area contributed by atoms with Crippen molar-refractivity contribution in [2.75, 3.05) is 11.9 Å². The SMILES string of the molecule is CC(C)(C)c1ccnc(NCC(N)C2CC2)n1. The zero-order chi connectivity index (χ0) is 12.5. The minimum Gasteiger partial charge on any atom is -0.353 e. The molecule has 0 aromatic carbocycles. The first kappa shape index (κ1) is 12.3. The van der Waals surface area contributed by atoms with Gasteiger partial charge < -0.3 is 11.1 Å². The van der Waals surface area contributed by atoms with Crippen molar-refractivity contribution in [3.63, 3.8) is 0 Å². The third-order valence-corrected chi connectivity index (χ3v) is 3.15. The molecule has 4 nitrogen and oxygen atoms in total. The molecule has 4 heteroatoms. The van der Waals surface area contributed by atoms with Crippen molar-refractivity contribution in [2.45, 2.75) is 45.1 Å². The van der Waals surface area contributed by atoms with Crippen LogP contribution >= 0.6 is 0 Å². The van der Waals surface area contributed by atoms with Gasteiger partial charge in [-0.25, -0.2) is 9.97 Å². The summed E-state index contributed by atoms with van der Waals surface area (Å²) >= 11 is 0. The molecule has 1 heterocycles. The Labute approximate surface area is 103 Å². The Morgan fingerprint density at radius 1 is 1.47 bits per heavy atom. The molecule has 1 unspecified atom stereocenters. The number of nitrogens with one attached hydrogen (secondary N) is 1. The molecule has 0 bridgehead atoms. The second kappa shape index (κ2) is 4.61. The van der Waals surface area contributed by atoms with Crippen molar-refractivity contribution in [3.05, 3.63) is 18.0 Å². The molecule has 0 aliphatic heterocycles. The van der Waals surface area contributed by atoms with Crippen LogP contribution in [0, 0.1) is 5.92 Å². The van der Waals surface area contributed by atoms with Crippen molar-refractivity contribution in [3.8, 4) is 0 Å². The number of hydrogen-bond acceptors (Lipinski definition) is 4. The van der Waals surface area contributed by atoms with Gasteiger partial charge in [0.2, 0.25) is 5.95 Å². The molecule has 1 saturated carbocycles. The predicted octanol–water partition coefficient (Wildman–Crippen LogP) is 1.92. The number of hydrogen-bond donors (Lipinski definition) is 2. The number of aromatic nitrogens is 2. The van der Waals surface area contributed by atoms with Crippen LogP contribution in [0.1, 0.15) is 39.3 Å². The van der Waals surface area contributed by atoms with Crippen molar-refractivity contribution in [1.82, 2.24) is 9.97 Å². The summed E-state index contributed by atoms with van der Waals surface area (Å²) in [6, 6.07) is 2.20. The lowest BCUT2D eigenvalue weighted by Gasteiger charge is -2.18. The van der Waals surface area contributed by atoms with Crippen LogP contribution in [0.3, 0.4) is 0 Å². The Morgan fingerprint density at radius 3 is 2.76 bits per heavy atom. The molecule has 1 aromatic rings. The molecule has 94 valence electrons. The van der Waals surface area contributed by atoms with Gasteiger partial charge in [-0.3, -0.25) is 0 Å². The van der Waals surface area contributed by atoms with Gasteiger partial charge in [0.1, 0.15) is 0 Å². The van der Waals surface area contributed by atoms with Crippen LogP contribution in [0.2, 0.25) is 0 Å². The second-order valence-corrected chi connectivity index (χ2v) is 5.90. The minimum atomic E-state index is 0.0536. The fourth-order valence-corrected chi connectivity index (χ4v) is 1.76. The van der Waals surface area contributed by atoms with Gasteiger partial charge in [0.25, 0.3) is 0 Å². The van der Waals surface area contributed by atoms with Gasteiger partial charge in [0.05, 0.1) is 5.69 Å². The number of nitrogens with two attached hydrogens (primary N) is 1. The highest BCUT2D eigenvalue weighted by atomic mass is 15.1. The molecular formula is C13H22N4. The maximum atomic E-state index is 6.03. The average Bonchev–Trinajstić information content (AvgIpc) is 3.09. The third kappa shape index (κ3) is 3.40. The topological polar surface area (TPSA) is 63.8 Å². The smallest absolute Gasteiger partial charge is 0.222 e. The molecule has 1 atom stereocenters. The summed E-state index contributed by atoms with van der Waals surface area (Å²) < 4.78 is 0. The van der Waals surface area contributed by atoms with Crippen LogP contribution in [0.15, 0.2) is 12.3 Å². The van der Waals surface area contributed by atoms with Crippen molar-refractivity contribution >= 4 is 5.95 Å². The van der Waals surface area contributed by atoms with Crippen LogP contribution in [0.25, 0.3) is 0 Å². The molecule has 0 radical (unpaired) electrons. The molecule has 1 aliphatic rings. The standard InChI is InChI=1S/C13H22N4/c1-13(2,3)11-6-7-15-12(17-11)16-8-10(14)9-4-5-9/h6-7,9-10H,4-5,8,14H2,1-3H3,(H,15,16,17). The molecule has 0 spiro atoms. The summed E-state index contributed by atoms with van der Waals surface area (Å²) in [7, 11) is 0.